The molecule has 2 aromatic rings. The molecule has 12 atom stereocenters. The largest absolute Gasteiger partial charge is 0.461 e. The molecule has 1 N–H and O–H groups in total. The number of hydrogen-bond donors (Lipinski definition) is 1. The summed E-state index contributed by atoms with van der Waals surface area (Å²) in [6.07, 6.45) is -1.26. The zero-order valence-corrected chi connectivity index (χ0v) is 30.6. The predicted molar refractivity (Wildman–Crippen MR) is 185 cm³/mol. The van der Waals surface area contributed by atoms with Gasteiger partial charge in [-0.25, -0.2) is 9.59 Å². The van der Waals surface area contributed by atoms with E-state index in [-0.39, 0.29) is 24.0 Å². The van der Waals surface area contributed by atoms with Gasteiger partial charge in [-0.1, -0.05) is 50.3 Å². The van der Waals surface area contributed by atoms with Crippen LogP contribution >= 0.6 is 0 Å². The highest BCUT2D eigenvalue weighted by Crippen LogP contribution is 2.70. The van der Waals surface area contributed by atoms with E-state index in [9.17, 15) is 29.1 Å². The Labute approximate surface area is 307 Å². The van der Waals surface area contributed by atoms with Crippen molar-refractivity contribution in [2.75, 3.05) is 0 Å². The Balaban J connectivity index is 1.69. The number of nitrogens with zero attached hydrogens (tertiary/aromatic N) is 1. The number of carbonyl (C=O) groups excluding carboxylic acids is 5. The number of aromatic nitrogens is 1. The van der Waals surface area contributed by atoms with Gasteiger partial charge in [0.05, 0.1) is 17.0 Å². The Bertz CT molecular complexity index is 1810. The topological polar surface area (TPSA) is 174 Å². The lowest BCUT2D eigenvalue weighted by atomic mass is 9.54. The fourth-order valence-corrected chi connectivity index (χ4v) is 9.58. The minimum Gasteiger partial charge on any atom is -0.461 e. The van der Waals surface area contributed by atoms with E-state index >= 15 is 0 Å². The summed E-state index contributed by atoms with van der Waals surface area (Å²) in [5.74, 6) is -7.28. The maximum Gasteiger partial charge on any atom is 0.340 e. The monoisotopic (exact) mass is 731 g/mol. The molecule has 0 radical (unpaired) electrons. The summed E-state index contributed by atoms with van der Waals surface area (Å²) in [6, 6.07) is 11.3. The Morgan fingerprint density at radius 2 is 1.60 bits per heavy atom. The van der Waals surface area contributed by atoms with Crippen LogP contribution in [0.3, 0.4) is 0 Å². The smallest absolute Gasteiger partial charge is 0.340 e. The fourth-order valence-electron chi connectivity index (χ4n) is 9.58. The van der Waals surface area contributed by atoms with Crippen LogP contribution in [0.25, 0.3) is 0 Å². The highest BCUT2D eigenvalue weighted by atomic mass is 16.7. The number of esters is 5. The van der Waals surface area contributed by atoms with Crippen LogP contribution in [0.15, 0.2) is 79.2 Å². The number of allylic oxidation sites excluding steroid dienone is 2. The second kappa shape index (κ2) is 14.2. The van der Waals surface area contributed by atoms with Crippen LogP contribution in [0, 0.1) is 29.1 Å². The number of benzene rings is 1. The van der Waals surface area contributed by atoms with Gasteiger partial charge in [-0.3, -0.25) is 19.4 Å². The summed E-state index contributed by atoms with van der Waals surface area (Å²) in [5, 5.41) is 12.5. The van der Waals surface area contributed by atoms with Crippen LogP contribution < -0.4 is 0 Å². The first kappa shape index (κ1) is 37.9. The van der Waals surface area contributed by atoms with Crippen LogP contribution in [0.1, 0.15) is 75.1 Å². The summed E-state index contributed by atoms with van der Waals surface area (Å²) >= 11 is 0. The summed E-state index contributed by atoms with van der Waals surface area (Å²) < 4.78 is 38.2. The normalized spacial score (nSPS) is 36.5. The molecule has 0 spiro atoms. The van der Waals surface area contributed by atoms with Crippen LogP contribution in [-0.2, 0) is 42.8 Å². The first-order chi connectivity index (χ1) is 25.1. The average molecular weight is 732 g/mol. The third kappa shape index (κ3) is 6.13. The molecule has 6 rings (SSSR count). The number of ether oxygens (including phenoxy) is 6. The van der Waals surface area contributed by atoms with Crippen molar-refractivity contribution in [2.24, 2.45) is 29.1 Å². The van der Waals surface area contributed by atoms with Crippen LogP contribution in [0.4, 0.5) is 0 Å². The third-order valence-corrected chi connectivity index (χ3v) is 11.3. The highest BCUT2D eigenvalue weighted by Gasteiger charge is 2.84. The maximum atomic E-state index is 14.1. The lowest BCUT2D eigenvalue weighted by molar-refractivity contribution is -0.282. The first-order valence-corrected chi connectivity index (χ1v) is 17.7. The number of pyridine rings is 1. The van der Waals surface area contributed by atoms with E-state index in [1.807, 2.05) is 0 Å². The molecule has 1 saturated heterocycles. The summed E-state index contributed by atoms with van der Waals surface area (Å²) in [4.78, 5) is 71.9. The van der Waals surface area contributed by atoms with E-state index in [1.54, 1.807) is 76.2 Å². The Hall–Kier alpha value is -4.88. The zero-order chi connectivity index (χ0) is 38.5. The minimum absolute atomic E-state index is 0.0108. The molecule has 2 bridgehead atoms. The van der Waals surface area contributed by atoms with Crippen molar-refractivity contribution >= 4 is 29.8 Å². The lowest BCUT2D eigenvalue weighted by Crippen LogP contribution is -2.66. The molecule has 53 heavy (non-hydrogen) atoms. The van der Waals surface area contributed by atoms with Gasteiger partial charge in [-0.15, -0.1) is 0 Å². The molecule has 1 aromatic carbocycles. The van der Waals surface area contributed by atoms with E-state index < -0.39 is 101 Å². The van der Waals surface area contributed by atoms with E-state index in [4.69, 9.17) is 28.4 Å². The van der Waals surface area contributed by atoms with Gasteiger partial charge >= 0.3 is 29.8 Å². The Morgan fingerprint density at radius 3 is 2.21 bits per heavy atom. The van der Waals surface area contributed by atoms with Gasteiger partial charge in [0.2, 0.25) is 0 Å². The van der Waals surface area contributed by atoms with Crippen molar-refractivity contribution in [1.29, 1.82) is 0 Å². The molecule has 0 unspecified atom stereocenters. The molecule has 3 aliphatic carbocycles. The van der Waals surface area contributed by atoms with Gasteiger partial charge in [0.15, 0.2) is 18.0 Å². The fraction of sp³-hybridized carbons (Fsp3) is 0.500. The molecule has 282 valence electrons. The van der Waals surface area contributed by atoms with Gasteiger partial charge in [-0.2, -0.15) is 0 Å². The Morgan fingerprint density at radius 1 is 0.925 bits per heavy atom. The van der Waals surface area contributed by atoms with Crippen molar-refractivity contribution < 1.29 is 57.5 Å². The van der Waals surface area contributed by atoms with E-state index in [1.165, 1.54) is 32.3 Å². The quantitative estimate of drug-likeness (QED) is 0.217. The summed E-state index contributed by atoms with van der Waals surface area (Å²) in [6.45, 7) is 13.4. The SMILES string of the molecule is C=C(C)[C@H]1C=C[C@@H](OC(=O)c2ccccc2)[C@@]23[C@H](O)O[C@@](C)([C@@H](OC(=O)c4cccnc4)[C@@]4(OC(C)=O)C[C@H](C)[C@H](OC(=O)CC)[C@@H]4[C@H]2OC(C)=O)[C@H]13. The van der Waals surface area contributed by atoms with E-state index in [0.717, 1.165) is 0 Å². The second-order valence-corrected chi connectivity index (χ2v) is 14.7. The number of aliphatic hydroxyl groups is 1. The molecule has 0 amide bonds. The van der Waals surface area contributed by atoms with Crippen molar-refractivity contribution in [1.82, 2.24) is 4.98 Å². The lowest BCUT2D eigenvalue weighted by Gasteiger charge is -2.52. The number of rotatable bonds is 9. The first-order valence-electron chi connectivity index (χ1n) is 17.7. The van der Waals surface area contributed by atoms with Gasteiger partial charge < -0.3 is 33.5 Å². The van der Waals surface area contributed by atoms with Crippen LogP contribution in [-0.4, -0.2) is 81.8 Å². The molecular weight excluding hydrogens is 686 g/mol. The van der Waals surface area contributed by atoms with Gasteiger partial charge in [0, 0.05) is 44.5 Å². The zero-order valence-electron chi connectivity index (χ0n) is 30.6. The predicted octanol–water partition coefficient (Wildman–Crippen LogP) is 4.53. The second-order valence-electron chi connectivity index (χ2n) is 14.7. The minimum atomic E-state index is -1.89. The van der Waals surface area contributed by atoms with Crippen molar-refractivity contribution in [3.8, 4) is 0 Å². The van der Waals surface area contributed by atoms with E-state index in [2.05, 4.69) is 11.6 Å². The average Bonchev–Trinajstić information content (AvgIpc) is 3.50. The van der Waals surface area contributed by atoms with Crippen LogP contribution in [0.2, 0.25) is 0 Å². The highest BCUT2D eigenvalue weighted by molar-refractivity contribution is 5.90. The van der Waals surface area contributed by atoms with Crippen molar-refractivity contribution in [3.63, 3.8) is 0 Å². The summed E-state index contributed by atoms with van der Waals surface area (Å²) in [7, 11) is 0. The van der Waals surface area contributed by atoms with Crippen LogP contribution in [0.5, 0.6) is 0 Å². The van der Waals surface area contributed by atoms with Gasteiger partial charge in [-0.05, 0) is 56.5 Å². The molecule has 2 saturated carbocycles. The number of fused-ring (bicyclic) bond motifs is 1. The molecule has 1 aliphatic heterocycles. The maximum absolute atomic E-state index is 14.1. The van der Waals surface area contributed by atoms with Gasteiger partial charge in [0.1, 0.15) is 29.3 Å². The number of aliphatic hydroxyl groups excluding tert-OH is 1. The number of carbonyl (C=O) groups is 5. The molecular formula is C40H45NO12. The molecule has 1 aromatic heterocycles. The van der Waals surface area contributed by atoms with Crippen molar-refractivity contribution in [3.05, 3.63) is 90.3 Å². The molecule has 4 aliphatic rings. The van der Waals surface area contributed by atoms with E-state index in [0.29, 0.717) is 5.57 Å². The summed E-state index contributed by atoms with van der Waals surface area (Å²) in [5.41, 5.74) is -4.65. The Kier molecular flexibility index (Phi) is 10.1. The third-order valence-electron chi connectivity index (χ3n) is 11.3. The molecule has 3 fully saturated rings. The van der Waals surface area contributed by atoms with Crippen molar-refractivity contribution in [2.45, 2.75) is 96.3 Å². The number of hydrogen-bond acceptors (Lipinski definition) is 13. The molecule has 2 heterocycles. The molecule has 13 nitrogen and oxygen atoms in total. The standard InChI is InChI=1S/C40H45NO12/c1-8-29(44)50-31-22(4)19-39(52-24(6)43)30(31)33(48-23(5)42)40-28(49-34(45)25-13-10-9-11-14-25)17-16-27(21(2)3)32(40)38(7,53-37(40)47)36(39)51-35(46)26-15-12-18-41-20-26/h9-18,20,22,27-28,30-33,36-37,47H,2,8,19H2,1,3-7H3/t22-,27+,28+,30+,31-,32-,33+,36+,37+,38+,39+,40-/m0/s1. The van der Waals surface area contributed by atoms with Gasteiger partial charge in [0.25, 0.3) is 0 Å². The molecule has 13 heteroatoms.